The predicted molar refractivity (Wildman–Crippen MR) is 88.1 cm³/mol. The molecule has 1 aromatic carbocycles. The van der Waals surface area contributed by atoms with Gasteiger partial charge in [0.1, 0.15) is 10.8 Å². The van der Waals surface area contributed by atoms with Crippen LogP contribution in [0.2, 0.25) is 0 Å². The van der Waals surface area contributed by atoms with Gasteiger partial charge in [0.2, 0.25) is 0 Å². The van der Waals surface area contributed by atoms with E-state index in [-0.39, 0.29) is 0 Å². The van der Waals surface area contributed by atoms with Gasteiger partial charge < -0.3 is 11.1 Å². The summed E-state index contributed by atoms with van der Waals surface area (Å²) < 4.78 is 0. The Labute approximate surface area is 125 Å². The third-order valence-electron chi connectivity index (χ3n) is 3.13. The zero-order chi connectivity index (χ0) is 14.7. The number of benzene rings is 1. The molecule has 3 N–H and O–H groups in total. The van der Waals surface area contributed by atoms with Crippen LogP contribution >= 0.6 is 12.2 Å². The summed E-state index contributed by atoms with van der Waals surface area (Å²) in [6.45, 7) is 6.75. The second kappa shape index (κ2) is 6.01. The molecule has 2 rings (SSSR count). The van der Waals surface area contributed by atoms with Crippen LogP contribution in [-0.2, 0) is 6.54 Å². The lowest BCUT2D eigenvalue weighted by Crippen LogP contribution is -2.16. The SMILES string of the molecule is Cc1cccc(CNc2nc(C)cc(C)c2C(N)=S)c1. The molecule has 0 saturated heterocycles. The Morgan fingerprint density at radius 2 is 2.00 bits per heavy atom. The molecule has 4 heteroatoms. The Hall–Kier alpha value is -1.94. The van der Waals surface area contributed by atoms with Gasteiger partial charge in [-0.2, -0.15) is 0 Å². The highest BCUT2D eigenvalue weighted by Gasteiger charge is 2.11. The molecule has 0 radical (unpaired) electrons. The number of thiocarbonyl (C=S) groups is 1. The molecular formula is C16H19N3S. The smallest absolute Gasteiger partial charge is 0.137 e. The van der Waals surface area contributed by atoms with Gasteiger partial charge in [0, 0.05) is 12.2 Å². The molecule has 0 aliphatic heterocycles. The molecule has 0 saturated carbocycles. The van der Waals surface area contributed by atoms with Crippen molar-refractivity contribution < 1.29 is 0 Å². The maximum atomic E-state index is 5.81. The number of nitrogens with zero attached hydrogens (tertiary/aromatic N) is 1. The van der Waals surface area contributed by atoms with Gasteiger partial charge in [-0.1, -0.05) is 42.0 Å². The summed E-state index contributed by atoms with van der Waals surface area (Å²) in [7, 11) is 0. The quantitative estimate of drug-likeness (QED) is 0.847. The van der Waals surface area contributed by atoms with E-state index in [1.165, 1.54) is 11.1 Å². The van der Waals surface area contributed by atoms with Gasteiger partial charge in [-0.3, -0.25) is 0 Å². The number of rotatable bonds is 4. The van der Waals surface area contributed by atoms with E-state index in [9.17, 15) is 0 Å². The van der Waals surface area contributed by atoms with Crippen LogP contribution in [0.1, 0.15) is 27.9 Å². The van der Waals surface area contributed by atoms with E-state index >= 15 is 0 Å². The van der Waals surface area contributed by atoms with Gasteiger partial charge >= 0.3 is 0 Å². The first-order valence-electron chi connectivity index (χ1n) is 6.55. The van der Waals surface area contributed by atoms with Gasteiger partial charge in [-0.05, 0) is 38.0 Å². The van der Waals surface area contributed by atoms with E-state index in [1.54, 1.807) is 0 Å². The zero-order valence-electron chi connectivity index (χ0n) is 12.0. The van der Waals surface area contributed by atoms with Gasteiger partial charge in [0.05, 0.1) is 5.56 Å². The number of anilines is 1. The van der Waals surface area contributed by atoms with E-state index in [0.717, 1.165) is 22.6 Å². The van der Waals surface area contributed by atoms with Crippen LogP contribution in [0.3, 0.4) is 0 Å². The summed E-state index contributed by atoms with van der Waals surface area (Å²) in [4.78, 5) is 4.89. The van der Waals surface area contributed by atoms with Crippen LogP contribution in [0, 0.1) is 20.8 Å². The average molecular weight is 285 g/mol. The summed E-state index contributed by atoms with van der Waals surface area (Å²) in [5.41, 5.74) is 11.1. The maximum absolute atomic E-state index is 5.81. The van der Waals surface area contributed by atoms with Gasteiger partial charge in [0.25, 0.3) is 0 Å². The average Bonchev–Trinajstić information content (AvgIpc) is 2.35. The van der Waals surface area contributed by atoms with E-state index in [1.807, 2.05) is 19.9 Å². The monoisotopic (exact) mass is 285 g/mol. The fraction of sp³-hybridized carbons (Fsp3) is 0.250. The fourth-order valence-electron chi connectivity index (χ4n) is 2.28. The highest BCUT2D eigenvalue weighted by molar-refractivity contribution is 7.80. The molecule has 104 valence electrons. The number of pyridine rings is 1. The van der Waals surface area contributed by atoms with Gasteiger partial charge in [-0.25, -0.2) is 4.98 Å². The fourth-order valence-corrected chi connectivity index (χ4v) is 2.54. The first kappa shape index (κ1) is 14.5. The molecule has 1 aromatic heterocycles. The van der Waals surface area contributed by atoms with E-state index in [4.69, 9.17) is 18.0 Å². The number of nitrogens with one attached hydrogen (secondary N) is 1. The number of aromatic nitrogens is 1. The molecule has 1 heterocycles. The van der Waals surface area contributed by atoms with Crippen molar-refractivity contribution in [3.63, 3.8) is 0 Å². The molecule has 0 fully saturated rings. The lowest BCUT2D eigenvalue weighted by atomic mass is 10.1. The van der Waals surface area contributed by atoms with Crippen LogP contribution in [0.15, 0.2) is 30.3 Å². The summed E-state index contributed by atoms with van der Waals surface area (Å²) in [5.74, 6) is 0.761. The van der Waals surface area contributed by atoms with Crippen LogP contribution in [0.5, 0.6) is 0 Å². The molecule has 20 heavy (non-hydrogen) atoms. The van der Waals surface area contributed by atoms with Crippen molar-refractivity contribution in [1.29, 1.82) is 0 Å². The second-order valence-electron chi connectivity index (χ2n) is 5.01. The Morgan fingerprint density at radius 3 is 2.65 bits per heavy atom. The largest absolute Gasteiger partial charge is 0.389 e. The van der Waals surface area contributed by atoms with Crippen molar-refractivity contribution in [2.24, 2.45) is 5.73 Å². The van der Waals surface area contributed by atoms with Crippen LogP contribution < -0.4 is 11.1 Å². The second-order valence-corrected chi connectivity index (χ2v) is 5.45. The third kappa shape index (κ3) is 3.33. The molecule has 0 bridgehead atoms. The predicted octanol–water partition coefficient (Wildman–Crippen LogP) is 3.25. The molecule has 0 aliphatic rings. The minimum absolute atomic E-state index is 0.377. The summed E-state index contributed by atoms with van der Waals surface area (Å²) in [6.07, 6.45) is 0. The number of hydrogen-bond donors (Lipinski definition) is 2. The number of aryl methyl sites for hydroxylation is 3. The molecule has 2 aromatic rings. The van der Waals surface area contributed by atoms with Crippen molar-refractivity contribution >= 4 is 23.0 Å². The number of nitrogens with two attached hydrogens (primary N) is 1. The van der Waals surface area contributed by atoms with E-state index < -0.39 is 0 Å². The highest BCUT2D eigenvalue weighted by atomic mass is 32.1. The molecular weight excluding hydrogens is 266 g/mol. The first-order valence-corrected chi connectivity index (χ1v) is 6.95. The lowest BCUT2D eigenvalue weighted by Gasteiger charge is -2.14. The maximum Gasteiger partial charge on any atom is 0.137 e. The van der Waals surface area contributed by atoms with Gasteiger partial charge in [-0.15, -0.1) is 0 Å². The first-order chi connectivity index (χ1) is 9.47. The number of hydrogen-bond acceptors (Lipinski definition) is 3. The minimum Gasteiger partial charge on any atom is -0.389 e. The highest BCUT2D eigenvalue weighted by Crippen LogP contribution is 2.19. The standard InChI is InChI=1S/C16H19N3S/c1-10-5-4-6-13(7-10)9-18-16-14(15(17)20)11(2)8-12(3)19-16/h4-8H,9H2,1-3H3,(H2,17,20)(H,18,19). The lowest BCUT2D eigenvalue weighted by molar-refractivity contribution is 1.07. The van der Waals surface area contributed by atoms with Crippen molar-refractivity contribution in [3.05, 3.63) is 58.3 Å². The van der Waals surface area contributed by atoms with Crippen LogP contribution in [0.25, 0.3) is 0 Å². The molecule has 0 amide bonds. The molecule has 0 spiro atoms. The zero-order valence-corrected chi connectivity index (χ0v) is 12.8. The van der Waals surface area contributed by atoms with Crippen molar-refractivity contribution in [2.75, 3.05) is 5.32 Å². The Balaban J connectivity index is 2.27. The normalized spacial score (nSPS) is 10.3. The Kier molecular flexibility index (Phi) is 4.35. The molecule has 0 aliphatic carbocycles. The van der Waals surface area contributed by atoms with Gasteiger partial charge in [0.15, 0.2) is 0 Å². The van der Waals surface area contributed by atoms with E-state index in [0.29, 0.717) is 11.5 Å². The summed E-state index contributed by atoms with van der Waals surface area (Å²) >= 11 is 5.13. The minimum atomic E-state index is 0.377. The molecule has 0 unspecified atom stereocenters. The van der Waals surface area contributed by atoms with Crippen LogP contribution in [-0.4, -0.2) is 9.97 Å². The third-order valence-corrected chi connectivity index (χ3v) is 3.34. The van der Waals surface area contributed by atoms with Crippen molar-refractivity contribution in [1.82, 2.24) is 4.98 Å². The Morgan fingerprint density at radius 1 is 1.25 bits per heavy atom. The Bertz CT molecular complexity index is 650. The van der Waals surface area contributed by atoms with Crippen LogP contribution in [0.4, 0.5) is 5.82 Å². The van der Waals surface area contributed by atoms with Crippen molar-refractivity contribution in [3.8, 4) is 0 Å². The van der Waals surface area contributed by atoms with Crippen molar-refractivity contribution in [2.45, 2.75) is 27.3 Å². The molecule has 3 nitrogen and oxygen atoms in total. The topological polar surface area (TPSA) is 50.9 Å². The summed E-state index contributed by atoms with van der Waals surface area (Å²) in [6, 6.07) is 10.4. The summed E-state index contributed by atoms with van der Waals surface area (Å²) in [5, 5.41) is 3.34. The molecule has 0 atom stereocenters. The van der Waals surface area contributed by atoms with E-state index in [2.05, 4.69) is 41.5 Å².